The van der Waals surface area contributed by atoms with Crippen molar-refractivity contribution in [3.63, 3.8) is 0 Å². The van der Waals surface area contributed by atoms with E-state index in [4.69, 9.17) is 14.2 Å². The number of allylic oxidation sites excluding steroid dienone is 14. The van der Waals surface area contributed by atoms with E-state index in [0.29, 0.717) is 19.3 Å². The summed E-state index contributed by atoms with van der Waals surface area (Å²) in [6, 6.07) is 0. The van der Waals surface area contributed by atoms with Gasteiger partial charge in [0.2, 0.25) is 0 Å². The van der Waals surface area contributed by atoms with Gasteiger partial charge in [0.1, 0.15) is 13.2 Å². The Balaban J connectivity index is 4.39. The van der Waals surface area contributed by atoms with Gasteiger partial charge in [-0.05, 0) is 96.3 Å². The van der Waals surface area contributed by atoms with Crippen molar-refractivity contribution in [2.45, 2.75) is 354 Å². The average molecular weight is 1120 g/mol. The standard InChI is InChI=1S/C74H130O6/c1-4-7-10-13-16-19-22-25-28-31-33-35-37-39-41-43-46-49-52-55-58-61-64-67-73(76)79-70-71(69-78-72(75)66-63-60-57-54-51-48-45-30-27-24-21-18-15-12-9-6-3)80-74(77)68-65-62-59-56-53-50-47-44-42-40-38-36-34-32-29-26-23-20-17-14-11-8-5-2/h7,10,16,19,25,28,32-35,39,41,46,49,71H,4-6,8-9,11-15,17-18,20-24,26-27,29-31,36-38,40,42-45,47-48,50-70H2,1-3H3/b10-7-,19-16-,28-25-,34-32-,35-33-,41-39-,49-46-. The highest BCUT2D eigenvalue weighted by atomic mass is 16.6. The van der Waals surface area contributed by atoms with Gasteiger partial charge in [-0.2, -0.15) is 0 Å². The quantitative estimate of drug-likeness (QED) is 0.0261. The fraction of sp³-hybridized carbons (Fsp3) is 0.770. The van der Waals surface area contributed by atoms with Crippen LogP contribution in [0.4, 0.5) is 0 Å². The lowest BCUT2D eigenvalue weighted by molar-refractivity contribution is -0.167. The molecule has 0 amide bonds. The molecule has 0 saturated carbocycles. The summed E-state index contributed by atoms with van der Waals surface area (Å²) in [6.07, 6.45) is 90.2. The van der Waals surface area contributed by atoms with E-state index in [-0.39, 0.29) is 31.1 Å². The zero-order chi connectivity index (χ0) is 57.8. The highest BCUT2D eigenvalue weighted by Crippen LogP contribution is 2.17. The Morgan fingerprint density at radius 2 is 0.487 bits per heavy atom. The number of rotatable bonds is 63. The third-order valence-electron chi connectivity index (χ3n) is 15.1. The highest BCUT2D eigenvalue weighted by Gasteiger charge is 2.19. The smallest absolute Gasteiger partial charge is 0.306 e. The molecule has 0 bridgehead atoms. The van der Waals surface area contributed by atoms with E-state index in [1.165, 1.54) is 199 Å². The predicted octanol–water partition coefficient (Wildman–Crippen LogP) is 23.8. The van der Waals surface area contributed by atoms with Crippen LogP contribution in [0.25, 0.3) is 0 Å². The monoisotopic (exact) mass is 1110 g/mol. The van der Waals surface area contributed by atoms with Gasteiger partial charge in [0.05, 0.1) is 0 Å². The zero-order valence-electron chi connectivity index (χ0n) is 53.1. The molecule has 1 atom stereocenters. The molecule has 0 fully saturated rings. The number of ether oxygens (including phenoxy) is 3. The number of unbranched alkanes of at least 4 members (excludes halogenated alkanes) is 38. The van der Waals surface area contributed by atoms with Crippen LogP contribution in [0.1, 0.15) is 348 Å². The number of carbonyl (C=O) groups is 3. The van der Waals surface area contributed by atoms with E-state index in [2.05, 4.69) is 106 Å². The van der Waals surface area contributed by atoms with Crippen molar-refractivity contribution in [1.82, 2.24) is 0 Å². The van der Waals surface area contributed by atoms with Crippen LogP contribution in [0, 0.1) is 0 Å². The topological polar surface area (TPSA) is 78.9 Å². The third-order valence-corrected chi connectivity index (χ3v) is 15.1. The summed E-state index contributed by atoms with van der Waals surface area (Å²) >= 11 is 0. The molecule has 0 rings (SSSR count). The summed E-state index contributed by atoms with van der Waals surface area (Å²) in [5.74, 6) is -0.889. The largest absolute Gasteiger partial charge is 0.462 e. The van der Waals surface area contributed by atoms with Gasteiger partial charge in [-0.25, -0.2) is 0 Å². The molecule has 6 heteroatoms. The summed E-state index contributed by atoms with van der Waals surface area (Å²) in [5, 5.41) is 0. The van der Waals surface area contributed by atoms with E-state index in [1.54, 1.807) is 0 Å². The highest BCUT2D eigenvalue weighted by molar-refractivity contribution is 5.71. The molecule has 0 N–H and O–H groups in total. The molecule has 0 aromatic rings. The molecule has 462 valence electrons. The Labute approximate surface area is 496 Å². The molecular formula is C74H130O6. The first-order chi connectivity index (χ1) is 39.5. The lowest BCUT2D eigenvalue weighted by atomic mass is 10.0. The molecule has 0 aromatic heterocycles. The molecule has 0 heterocycles. The Morgan fingerprint density at radius 3 is 0.775 bits per heavy atom. The number of esters is 3. The van der Waals surface area contributed by atoms with Gasteiger partial charge in [-0.15, -0.1) is 0 Å². The Hall–Kier alpha value is -3.41. The third kappa shape index (κ3) is 65.4. The molecule has 0 aromatic carbocycles. The fourth-order valence-electron chi connectivity index (χ4n) is 9.97. The van der Waals surface area contributed by atoms with Crippen molar-refractivity contribution < 1.29 is 28.6 Å². The summed E-state index contributed by atoms with van der Waals surface area (Å²) < 4.78 is 17.0. The maximum atomic E-state index is 13.0. The van der Waals surface area contributed by atoms with Gasteiger partial charge < -0.3 is 14.2 Å². The van der Waals surface area contributed by atoms with Gasteiger partial charge in [-0.3, -0.25) is 14.4 Å². The van der Waals surface area contributed by atoms with Crippen molar-refractivity contribution in [2.75, 3.05) is 13.2 Å². The first-order valence-electron chi connectivity index (χ1n) is 34.6. The lowest BCUT2D eigenvalue weighted by Gasteiger charge is -2.18. The molecule has 0 aliphatic heterocycles. The van der Waals surface area contributed by atoms with E-state index >= 15 is 0 Å². The maximum absolute atomic E-state index is 13.0. The second-order valence-electron chi connectivity index (χ2n) is 23.1. The molecule has 1 unspecified atom stereocenters. The minimum absolute atomic E-state index is 0.0816. The Kier molecular flexibility index (Phi) is 65.2. The predicted molar refractivity (Wildman–Crippen MR) is 348 cm³/mol. The van der Waals surface area contributed by atoms with Crippen LogP contribution in [0.5, 0.6) is 0 Å². The van der Waals surface area contributed by atoms with E-state index in [1.807, 2.05) is 0 Å². The minimum atomic E-state index is -0.788. The van der Waals surface area contributed by atoms with Crippen LogP contribution >= 0.6 is 0 Å². The van der Waals surface area contributed by atoms with Crippen LogP contribution < -0.4 is 0 Å². The van der Waals surface area contributed by atoms with Crippen molar-refractivity contribution in [2.24, 2.45) is 0 Å². The fourth-order valence-corrected chi connectivity index (χ4v) is 9.97. The van der Waals surface area contributed by atoms with Gasteiger partial charge in [0.25, 0.3) is 0 Å². The normalized spacial score (nSPS) is 12.6. The zero-order valence-corrected chi connectivity index (χ0v) is 53.1. The van der Waals surface area contributed by atoms with Crippen LogP contribution in [0.15, 0.2) is 85.1 Å². The minimum Gasteiger partial charge on any atom is -0.462 e. The summed E-state index contributed by atoms with van der Waals surface area (Å²) in [5.41, 5.74) is 0. The van der Waals surface area contributed by atoms with Crippen LogP contribution in [0.3, 0.4) is 0 Å². The van der Waals surface area contributed by atoms with E-state index in [0.717, 1.165) is 109 Å². The van der Waals surface area contributed by atoms with Crippen molar-refractivity contribution in [3.05, 3.63) is 85.1 Å². The molecule has 0 aliphatic rings. The van der Waals surface area contributed by atoms with Gasteiger partial charge in [0, 0.05) is 19.3 Å². The molecule has 80 heavy (non-hydrogen) atoms. The van der Waals surface area contributed by atoms with Crippen LogP contribution in [-0.4, -0.2) is 37.2 Å². The molecule has 6 nitrogen and oxygen atoms in total. The number of carbonyl (C=O) groups excluding carboxylic acids is 3. The van der Waals surface area contributed by atoms with E-state index in [9.17, 15) is 14.4 Å². The second kappa shape index (κ2) is 68.1. The first kappa shape index (κ1) is 76.6. The maximum Gasteiger partial charge on any atom is 0.306 e. The Morgan fingerprint density at radius 1 is 0.263 bits per heavy atom. The first-order valence-corrected chi connectivity index (χ1v) is 34.6. The molecular weight excluding hydrogens is 985 g/mol. The molecule has 0 radical (unpaired) electrons. The average Bonchev–Trinajstić information content (AvgIpc) is 3.46. The van der Waals surface area contributed by atoms with Crippen molar-refractivity contribution in [3.8, 4) is 0 Å². The second-order valence-corrected chi connectivity index (χ2v) is 23.1. The van der Waals surface area contributed by atoms with Gasteiger partial charge in [0.15, 0.2) is 6.10 Å². The SMILES string of the molecule is CC/C=C\C/C=C\C/C=C\C/C=C\C/C=C\C/C=C\CCCCCCC(=O)OCC(COC(=O)CCCCCCCCCCCCCCCCCC)OC(=O)CCCCCCCCCCCCC/C=C\CCCCCCCCCC. The number of hydrogen-bond acceptors (Lipinski definition) is 6. The van der Waals surface area contributed by atoms with Crippen LogP contribution in [-0.2, 0) is 28.6 Å². The summed E-state index contributed by atoms with van der Waals surface area (Å²) in [7, 11) is 0. The van der Waals surface area contributed by atoms with Crippen molar-refractivity contribution >= 4 is 17.9 Å². The Bertz CT molecular complexity index is 1520. The van der Waals surface area contributed by atoms with E-state index < -0.39 is 6.10 Å². The summed E-state index contributed by atoms with van der Waals surface area (Å²) in [4.78, 5) is 38.4. The van der Waals surface area contributed by atoms with Crippen LogP contribution in [0.2, 0.25) is 0 Å². The summed E-state index contributed by atoms with van der Waals surface area (Å²) in [6.45, 7) is 6.56. The molecule has 0 spiro atoms. The van der Waals surface area contributed by atoms with Crippen molar-refractivity contribution in [1.29, 1.82) is 0 Å². The molecule has 0 aliphatic carbocycles. The van der Waals surface area contributed by atoms with Gasteiger partial charge >= 0.3 is 17.9 Å². The molecule has 0 saturated heterocycles. The number of hydrogen-bond donors (Lipinski definition) is 0. The lowest BCUT2D eigenvalue weighted by Crippen LogP contribution is -2.30. The van der Waals surface area contributed by atoms with Gasteiger partial charge in [-0.1, -0.05) is 318 Å².